The van der Waals surface area contributed by atoms with Crippen molar-refractivity contribution in [2.75, 3.05) is 18.0 Å². The molecular weight excluding hydrogens is 288 g/mol. The van der Waals surface area contributed by atoms with Crippen molar-refractivity contribution < 1.29 is 5.11 Å². The molecule has 0 bridgehead atoms. The molecule has 0 radical (unpaired) electrons. The van der Waals surface area contributed by atoms with Gasteiger partial charge in [0.1, 0.15) is 23.5 Å². The molecular formula is C18H20N4O. The maximum absolute atomic E-state index is 9.51. The van der Waals surface area contributed by atoms with Crippen LogP contribution >= 0.6 is 0 Å². The second kappa shape index (κ2) is 5.57. The van der Waals surface area contributed by atoms with E-state index in [2.05, 4.69) is 26.8 Å². The monoisotopic (exact) mass is 308 g/mol. The Kier molecular flexibility index (Phi) is 3.41. The molecule has 1 saturated heterocycles. The van der Waals surface area contributed by atoms with Crippen molar-refractivity contribution in [3.63, 3.8) is 0 Å². The third-order valence-corrected chi connectivity index (χ3v) is 4.58. The third-order valence-electron chi connectivity index (χ3n) is 4.58. The maximum atomic E-state index is 9.51. The van der Waals surface area contributed by atoms with Crippen LogP contribution in [0.5, 0.6) is 5.75 Å². The fourth-order valence-electron chi connectivity index (χ4n) is 3.44. The number of H-pyrrole nitrogens is 1. The Morgan fingerprint density at radius 3 is 2.83 bits per heavy atom. The molecule has 1 aromatic carbocycles. The Labute approximate surface area is 135 Å². The van der Waals surface area contributed by atoms with E-state index in [1.54, 1.807) is 18.5 Å². The van der Waals surface area contributed by atoms with Crippen LogP contribution in [-0.4, -0.2) is 33.1 Å². The van der Waals surface area contributed by atoms with Crippen LogP contribution in [0.2, 0.25) is 0 Å². The number of anilines is 1. The van der Waals surface area contributed by atoms with Crippen molar-refractivity contribution in [1.29, 1.82) is 0 Å². The number of nitrogens with one attached hydrogen (secondary N) is 1. The first-order valence-electron chi connectivity index (χ1n) is 8.09. The number of fused-ring (bicyclic) bond motifs is 1. The lowest BCUT2D eigenvalue weighted by Gasteiger charge is -2.32. The number of aromatic amines is 1. The van der Waals surface area contributed by atoms with Crippen molar-refractivity contribution in [1.82, 2.24) is 15.0 Å². The summed E-state index contributed by atoms with van der Waals surface area (Å²) in [5.74, 6) is 1.96. The van der Waals surface area contributed by atoms with Crippen LogP contribution in [0.15, 0.2) is 36.8 Å². The fourth-order valence-corrected chi connectivity index (χ4v) is 3.44. The predicted octanol–water partition coefficient (Wildman–Crippen LogP) is 3.57. The highest BCUT2D eigenvalue weighted by Gasteiger charge is 2.22. The summed E-state index contributed by atoms with van der Waals surface area (Å²) in [6.07, 6.45) is 6.09. The molecule has 5 nitrogen and oxygen atoms in total. The van der Waals surface area contributed by atoms with Gasteiger partial charge in [-0.05, 0) is 36.5 Å². The molecule has 4 rings (SSSR count). The van der Waals surface area contributed by atoms with E-state index in [0.29, 0.717) is 5.92 Å². The Morgan fingerprint density at radius 2 is 2.04 bits per heavy atom. The summed E-state index contributed by atoms with van der Waals surface area (Å²) in [6, 6.07) is 7.27. The van der Waals surface area contributed by atoms with Gasteiger partial charge in [-0.1, -0.05) is 19.1 Å². The van der Waals surface area contributed by atoms with Crippen molar-refractivity contribution in [3.05, 3.63) is 36.8 Å². The average Bonchev–Trinajstić information content (AvgIpc) is 3.00. The first-order chi connectivity index (χ1) is 11.2. The molecule has 0 amide bonds. The van der Waals surface area contributed by atoms with Gasteiger partial charge in [0.2, 0.25) is 0 Å². The maximum Gasteiger partial charge on any atom is 0.143 e. The molecule has 2 aromatic heterocycles. The first kappa shape index (κ1) is 14.1. The smallest absolute Gasteiger partial charge is 0.143 e. The van der Waals surface area contributed by atoms with E-state index in [9.17, 15) is 5.11 Å². The van der Waals surface area contributed by atoms with E-state index in [1.165, 1.54) is 12.8 Å². The lowest BCUT2D eigenvalue weighted by atomic mass is 9.99. The average molecular weight is 308 g/mol. The van der Waals surface area contributed by atoms with Crippen LogP contribution in [0.1, 0.15) is 19.8 Å². The quantitative estimate of drug-likeness (QED) is 0.759. The molecule has 3 heterocycles. The van der Waals surface area contributed by atoms with Gasteiger partial charge in [0.25, 0.3) is 0 Å². The minimum Gasteiger partial charge on any atom is -0.508 e. The third kappa shape index (κ3) is 2.52. The molecule has 0 unspecified atom stereocenters. The van der Waals surface area contributed by atoms with Gasteiger partial charge in [-0.15, -0.1) is 0 Å². The van der Waals surface area contributed by atoms with E-state index < -0.39 is 0 Å². The molecule has 1 aliphatic heterocycles. The summed E-state index contributed by atoms with van der Waals surface area (Å²) in [4.78, 5) is 14.6. The van der Waals surface area contributed by atoms with Gasteiger partial charge in [0.05, 0.1) is 5.39 Å². The molecule has 118 valence electrons. The van der Waals surface area contributed by atoms with Crippen LogP contribution in [0.25, 0.3) is 22.2 Å². The van der Waals surface area contributed by atoms with E-state index in [-0.39, 0.29) is 5.75 Å². The highest BCUT2D eigenvalue weighted by molar-refractivity contribution is 6.01. The van der Waals surface area contributed by atoms with Gasteiger partial charge in [-0.3, -0.25) is 0 Å². The van der Waals surface area contributed by atoms with Gasteiger partial charge >= 0.3 is 0 Å². The zero-order chi connectivity index (χ0) is 15.8. The van der Waals surface area contributed by atoms with Gasteiger partial charge in [-0.2, -0.15) is 0 Å². The molecule has 5 heteroatoms. The van der Waals surface area contributed by atoms with Crippen molar-refractivity contribution >= 4 is 16.9 Å². The van der Waals surface area contributed by atoms with Gasteiger partial charge < -0.3 is 15.0 Å². The summed E-state index contributed by atoms with van der Waals surface area (Å²) in [6.45, 7) is 4.37. The highest BCUT2D eigenvalue weighted by atomic mass is 16.3. The van der Waals surface area contributed by atoms with Gasteiger partial charge in [-0.25, -0.2) is 9.97 Å². The molecule has 0 saturated carbocycles. The lowest BCUT2D eigenvalue weighted by Crippen LogP contribution is -2.35. The zero-order valence-corrected chi connectivity index (χ0v) is 13.2. The molecule has 1 atom stereocenters. The predicted molar refractivity (Wildman–Crippen MR) is 91.6 cm³/mol. The van der Waals surface area contributed by atoms with Crippen molar-refractivity contribution in [2.24, 2.45) is 5.92 Å². The standard InChI is InChI=1S/C18H20N4O/c1-12-3-2-8-22(10-12)18-16-15(9-19-17(16)20-11-21-18)13-4-6-14(23)7-5-13/h4-7,9,11-12,23H,2-3,8,10H2,1H3,(H,19,20,21)/t12-/m0/s1. The van der Waals surface area contributed by atoms with E-state index >= 15 is 0 Å². The SMILES string of the molecule is C[C@H]1CCCN(c2ncnc3[nH]cc(-c4ccc(O)cc4)c23)C1. The second-order valence-corrected chi connectivity index (χ2v) is 6.36. The second-order valence-electron chi connectivity index (χ2n) is 6.36. The molecule has 3 aromatic rings. The number of phenolic OH excluding ortho intramolecular Hbond substituents is 1. The largest absolute Gasteiger partial charge is 0.508 e. The van der Waals surface area contributed by atoms with Crippen molar-refractivity contribution in [3.8, 4) is 16.9 Å². The lowest BCUT2D eigenvalue weighted by molar-refractivity contribution is 0.445. The Morgan fingerprint density at radius 1 is 1.22 bits per heavy atom. The number of phenols is 1. The summed E-state index contributed by atoms with van der Waals surface area (Å²) < 4.78 is 0. The van der Waals surface area contributed by atoms with Crippen LogP contribution in [0, 0.1) is 5.92 Å². The van der Waals surface area contributed by atoms with Gasteiger partial charge in [0, 0.05) is 24.8 Å². The van der Waals surface area contributed by atoms with E-state index in [0.717, 1.165) is 41.1 Å². The van der Waals surface area contributed by atoms with Crippen molar-refractivity contribution in [2.45, 2.75) is 19.8 Å². The zero-order valence-electron chi connectivity index (χ0n) is 13.2. The molecule has 1 aliphatic rings. The van der Waals surface area contributed by atoms with Crippen LogP contribution < -0.4 is 4.90 Å². The molecule has 0 aliphatic carbocycles. The molecule has 1 fully saturated rings. The number of nitrogens with zero attached hydrogens (tertiary/aromatic N) is 3. The number of aromatic nitrogens is 3. The Bertz CT molecular complexity index is 825. The number of hydrogen-bond acceptors (Lipinski definition) is 4. The topological polar surface area (TPSA) is 65.0 Å². The fraction of sp³-hybridized carbons (Fsp3) is 0.333. The number of rotatable bonds is 2. The van der Waals surface area contributed by atoms with E-state index in [4.69, 9.17) is 0 Å². The number of hydrogen-bond donors (Lipinski definition) is 2. The number of piperidine rings is 1. The minimum absolute atomic E-state index is 0.273. The first-order valence-corrected chi connectivity index (χ1v) is 8.09. The normalized spacial score (nSPS) is 18.5. The summed E-state index contributed by atoms with van der Waals surface area (Å²) in [5, 5.41) is 10.6. The van der Waals surface area contributed by atoms with Gasteiger partial charge in [0.15, 0.2) is 0 Å². The summed E-state index contributed by atoms with van der Waals surface area (Å²) in [5.41, 5.74) is 2.99. The number of benzene rings is 1. The number of aromatic hydroxyl groups is 1. The molecule has 0 spiro atoms. The summed E-state index contributed by atoms with van der Waals surface area (Å²) in [7, 11) is 0. The van der Waals surface area contributed by atoms with Crippen LogP contribution in [-0.2, 0) is 0 Å². The Hall–Kier alpha value is -2.56. The Balaban J connectivity index is 1.85. The minimum atomic E-state index is 0.273. The highest BCUT2D eigenvalue weighted by Crippen LogP contribution is 2.35. The van der Waals surface area contributed by atoms with E-state index in [1.807, 2.05) is 18.3 Å². The van der Waals surface area contributed by atoms with Crippen LogP contribution in [0.3, 0.4) is 0 Å². The van der Waals surface area contributed by atoms with Crippen LogP contribution in [0.4, 0.5) is 5.82 Å². The molecule has 2 N–H and O–H groups in total. The molecule has 23 heavy (non-hydrogen) atoms. The summed E-state index contributed by atoms with van der Waals surface area (Å²) >= 11 is 0.